The number of thioether (sulfide) groups is 1. The predicted octanol–water partition coefficient (Wildman–Crippen LogP) is 3.21. The van der Waals surface area contributed by atoms with Gasteiger partial charge in [0.1, 0.15) is 0 Å². The van der Waals surface area contributed by atoms with Crippen LogP contribution in [0.5, 0.6) is 0 Å². The van der Waals surface area contributed by atoms with Gasteiger partial charge >= 0.3 is 0 Å². The van der Waals surface area contributed by atoms with Crippen LogP contribution in [-0.4, -0.2) is 6.26 Å². The lowest BCUT2D eigenvalue weighted by Crippen LogP contribution is -2.10. The summed E-state index contributed by atoms with van der Waals surface area (Å²) in [5.74, 6) is 5.94. The fourth-order valence-corrected chi connectivity index (χ4v) is 2.15. The molecule has 0 fully saturated rings. The monoisotopic (exact) mass is 219 g/mol. The highest BCUT2D eigenvalue weighted by Crippen LogP contribution is 2.26. The molecule has 0 aliphatic heterocycles. The molecule has 0 heterocycles. The van der Waals surface area contributed by atoms with Gasteiger partial charge in [-0.1, -0.05) is 18.2 Å². The molecule has 0 aliphatic rings. The molecule has 1 aromatic rings. The second-order valence-electron chi connectivity index (χ2n) is 3.31. The maximum Gasteiger partial charge on any atom is 0.0315 e. The smallest absolute Gasteiger partial charge is 0.0315 e. The first-order valence-corrected chi connectivity index (χ1v) is 6.30. The number of benzene rings is 1. The van der Waals surface area contributed by atoms with E-state index in [2.05, 4.69) is 30.2 Å². The third kappa shape index (κ3) is 3.62. The minimum Gasteiger partial charge on any atom is -0.324 e. The fraction of sp³-hybridized carbons (Fsp3) is 0.385. The molecule has 0 aromatic heterocycles. The zero-order valence-electron chi connectivity index (χ0n) is 9.29. The molecule has 0 saturated carbocycles. The quantitative estimate of drug-likeness (QED) is 0.621. The Labute approximate surface area is 96.4 Å². The highest BCUT2D eigenvalue weighted by Gasteiger charge is 2.08. The molecule has 0 amide bonds. The van der Waals surface area contributed by atoms with E-state index in [-0.39, 0.29) is 6.04 Å². The molecule has 0 saturated heterocycles. The Kier molecular flexibility index (Phi) is 5.31. The normalized spacial score (nSPS) is 11.7. The Bertz CT molecular complexity index is 362. The lowest BCUT2D eigenvalue weighted by Gasteiger charge is -2.13. The van der Waals surface area contributed by atoms with Crippen LogP contribution < -0.4 is 5.73 Å². The standard InChI is InChI=1S/C13H17NS/c1-3-4-5-9-12(14)11-8-6-7-10-13(11)15-2/h6-8,10,12H,5,9,14H2,1-2H3. The summed E-state index contributed by atoms with van der Waals surface area (Å²) in [6.45, 7) is 1.86. The minimum absolute atomic E-state index is 0.106. The second-order valence-corrected chi connectivity index (χ2v) is 4.16. The molecular formula is C13H17NS. The Balaban J connectivity index is 2.70. The molecule has 1 atom stereocenters. The SMILES string of the molecule is CC#CCCC(N)c1ccccc1SC. The van der Waals surface area contributed by atoms with Crippen molar-refractivity contribution in [1.82, 2.24) is 0 Å². The van der Waals surface area contributed by atoms with Crippen molar-refractivity contribution in [3.05, 3.63) is 29.8 Å². The summed E-state index contributed by atoms with van der Waals surface area (Å²) in [6.07, 6.45) is 3.89. The van der Waals surface area contributed by atoms with Crippen LogP contribution in [-0.2, 0) is 0 Å². The molecule has 0 bridgehead atoms. The summed E-state index contributed by atoms with van der Waals surface area (Å²) in [7, 11) is 0. The largest absolute Gasteiger partial charge is 0.324 e. The van der Waals surface area contributed by atoms with Crippen LogP contribution in [0.4, 0.5) is 0 Å². The van der Waals surface area contributed by atoms with Crippen LogP contribution >= 0.6 is 11.8 Å². The van der Waals surface area contributed by atoms with Crippen molar-refractivity contribution >= 4 is 11.8 Å². The summed E-state index contributed by atoms with van der Waals surface area (Å²) < 4.78 is 0. The molecule has 2 N–H and O–H groups in total. The van der Waals surface area contributed by atoms with Crippen LogP contribution in [0.3, 0.4) is 0 Å². The van der Waals surface area contributed by atoms with Gasteiger partial charge in [0.2, 0.25) is 0 Å². The van der Waals surface area contributed by atoms with Crippen molar-refractivity contribution in [3.63, 3.8) is 0 Å². The van der Waals surface area contributed by atoms with Crippen LogP contribution in [0.15, 0.2) is 29.2 Å². The molecule has 1 rings (SSSR count). The van der Waals surface area contributed by atoms with E-state index < -0.39 is 0 Å². The van der Waals surface area contributed by atoms with Crippen LogP contribution in [0.2, 0.25) is 0 Å². The molecule has 15 heavy (non-hydrogen) atoms. The third-order valence-electron chi connectivity index (χ3n) is 2.30. The first-order valence-electron chi connectivity index (χ1n) is 5.07. The zero-order valence-corrected chi connectivity index (χ0v) is 10.1. The molecular weight excluding hydrogens is 202 g/mol. The highest BCUT2D eigenvalue weighted by atomic mass is 32.2. The van der Waals surface area contributed by atoms with E-state index in [0.29, 0.717) is 0 Å². The van der Waals surface area contributed by atoms with Gasteiger partial charge in [0.15, 0.2) is 0 Å². The zero-order chi connectivity index (χ0) is 11.1. The number of hydrogen-bond acceptors (Lipinski definition) is 2. The van der Waals surface area contributed by atoms with Gasteiger partial charge in [0.25, 0.3) is 0 Å². The maximum absolute atomic E-state index is 6.13. The van der Waals surface area contributed by atoms with Crippen molar-refractivity contribution in [2.75, 3.05) is 6.26 Å². The van der Waals surface area contributed by atoms with E-state index >= 15 is 0 Å². The van der Waals surface area contributed by atoms with E-state index in [1.165, 1.54) is 10.5 Å². The number of nitrogens with two attached hydrogens (primary N) is 1. The molecule has 0 aliphatic carbocycles. The first-order chi connectivity index (χ1) is 7.29. The summed E-state index contributed by atoms with van der Waals surface area (Å²) in [6, 6.07) is 8.42. The fourth-order valence-electron chi connectivity index (χ4n) is 1.48. The Morgan fingerprint density at radius 1 is 1.40 bits per heavy atom. The molecule has 1 unspecified atom stereocenters. The van der Waals surface area contributed by atoms with Gasteiger partial charge in [-0.05, 0) is 31.2 Å². The maximum atomic E-state index is 6.13. The van der Waals surface area contributed by atoms with E-state index in [0.717, 1.165) is 12.8 Å². The van der Waals surface area contributed by atoms with Gasteiger partial charge in [-0.3, -0.25) is 0 Å². The summed E-state index contributed by atoms with van der Waals surface area (Å²) in [5, 5.41) is 0. The predicted molar refractivity (Wildman–Crippen MR) is 67.8 cm³/mol. The molecule has 80 valence electrons. The minimum atomic E-state index is 0.106. The molecule has 1 aromatic carbocycles. The van der Waals surface area contributed by atoms with E-state index in [1.54, 1.807) is 11.8 Å². The summed E-state index contributed by atoms with van der Waals surface area (Å²) >= 11 is 1.75. The first kappa shape index (κ1) is 12.2. The lowest BCUT2D eigenvalue weighted by molar-refractivity contribution is 0.656. The van der Waals surface area contributed by atoms with Crippen molar-refractivity contribution < 1.29 is 0 Å². The molecule has 2 heteroatoms. The average molecular weight is 219 g/mol. The highest BCUT2D eigenvalue weighted by molar-refractivity contribution is 7.98. The van der Waals surface area contributed by atoms with Crippen LogP contribution in [0, 0.1) is 11.8 Å². The molecule has 0 spiro atoms. The number of rotatable bonds is 4. The summed E-state index contributed by atoms with van der Waals surface area (Å²) in [4.78, 5) is 1.27. The van der Waals surface area contributed by atoms with Gasteiger partial charge in [-0.15, -0.1) is 23.6 Å². The Morgan fingerprint density at radius 3 is 2.80 bits per heavy atom. The van der Waals surface area contributed by atoms with Crippen molar-refractivity contribution in [1.29, 1.82) is 0 Å². The van der Waals surface area contributed by atoms with Crippen molar-refractivity contribution in [2.24, 2.45) is 5.73 Å². The van der Waals surface area contributed by atoms with E-state index in [1.807, 2.05) is 19.1 Å². The van der Waals surface area contributed by atoms with Crippen molar-refractivity contribution in [2.45, 2.75) is 30.7 Å². The van der Waals surface area contributed by atoms with Gasteiger partial charge in [0.05, 0.1) is 0 Å². The van der Waals surface area contributed by atoms with Crippen molar-refractivity contribution in [3.8, 4) is 11.8 Å². The van der Waals surface area contributed by atoms with Gasteiger partial charge < -0.3 is 5.73 Å². The lowest BCUT2D eigenvalue weighted by atomic mass is 10.0. The topological polar surface area (TPSA) is 26.0 Å². The number of hydrogen-bond donors (Lipinski definition) is 1. The third-order valence-corrected chi connectivity index (χ3v) is 3.11. The Hall–Kier alpha value is -0.910. The molecule has 1 nitrogen and oxygen atoms in total. The van der Waals surface area contributed by atoms with Gasteiger partial charge in [0, 0.05) is 17.4 Å². The molecule has 0 radical (unpaired) electrons. The summed E-state index contributed by atoms with van der Waals surface area (Å²) in [5.41, 5.74) is 7.37. The van der Waals surface area contributed by atoms with E-state index in [9.17, 15) is 0 Å². The van der Waals surface area contributed by atoms with E-state index in [4.69, 9.17) is 5.73 Å². The van der Waals surface area contributed by atoms with Crippen LogP contribution in [0.1, 0.15) is 31.4 Å². The van der Waals surface area contributed by atoms with Gasteiger partial charge in [-0.2, -0.15) is 0 Å². The Morgan fingerprint density at radius 2 is 2.13 bits per heavy atom. The van der Waals surface area contributed by atoms with Crippen LogP contribution in [0.25, 0.3) is 0 Å². The van der Waals surface area contributed by atoms with Gasteiger partial charge in [-0.25, -0.2) is 0 Å². The second kappa shape index (κ2) is 6.55. The average Bonchev–Trinajstić information content (AvgIpc) is 2.29.